The third-order valence-corrected chi connectivity index (χ3v) is 4.74. The molecule has 2 rings (SSSR count). The molecule has 1 aliphatic carbocycles. The van der Waals surface area contributed by atoms with Gasteiger partial charge in [-0.25, -0.2) is 4.79 Å². The topological polar surface area (TPSA) is 83.6 Å². The molecule has 5 nitrogen and oxygen atoms in total. The molecule has 0 radical (unpaired) electrons. The second kappa shape index (κ2) is 5.90. The van der Waals surface area contributed by atoms with Crippen LogP contribution in [-0.2, 0) is 9.59 Å². The minimum Gasteiger partial charge on any atom is -0.480 e. The number of hydrogen-bond donors (Lipinski definition) is 2. The molecule has 1 amide bonds. The summed E-state index contributed by atoms with van der Waals surface area (Å²) in [4.78, 5) is 25.5. The van der Waals surface area contributed by atoms with Crippen molar-refractivity contribution in [2.75, 3.05) is 6.54 Å². The Kier molecular flexibility index (Phi) is 4.45. The first-order valence-corrected chi connectivity index (χ1v) is 7.33. The zero-order valence-electron chi connectivity index (χ0n) is 11.5. The SMILES string of the molecule is CCC1CCN(C(=O)C2CCCC2N)C(C(=O)O)C1. The first-order chi connectivity index (χ1) is 9.04. The number of likely N-dealkylation sites (tertiary alicyclic amines) is 1. The van der Waals surface area contributed by atoms with Gasteiger partial charge in [0.1, 0.15) is 6.04 Å². The lowest BCUT2D eigenvalue weighted by Crippen LogP contribution is -2.53. The largest absolute Gasteiger partial charge is 0.480 e. The minimum atomic E-state index is -0.877. The van der Waals surface area contributed by atoms with E-state index >= 15 is 0 Å². The van der Waals surface area contributed by atoms with Gasteiger partial charge in [0.2, 0.25) is 5.91 Å². The number of carboxylic acids is 1. The summed E-state index contributed by atoms with van der Waals surface area (Å²) in [5, 5.41) is 9.35. The Labute approximate surface area is 114 Å². The quantitative estimate of drug-likeness (QED) is 0.806. The van der Waals surface area contributed by atoms with Crippen LogP contribution in [0.25, 0.3) is 0 Å². The standard InChI is InChI=1S/C14H24N2O3/c1-2-9-6-7-16(12(8-9)14(18)19)13(17)10-4-3-5-11(10)15/h9-12H,2-8,15H2,1H3,(H,18,19). The maximum Gasteiger partial charge on any atom is 0.326 e. The van der Waals surface area contributed by atoms with Crippen molar-refractivity contribution >= 4 is 11.9 Å². The van der Waals surface area contributed by atoms with Crippen molar-refractivity contribution in [2.45, 2.75) is 57.5 Å². The molecule has 0 bridgehead atoms. The molecule has 0 aromatic heterocycles. The second-order valence-electron chi connectivity index (χ2n) is 5.89. The van der Waals surface area contributed by atoms with Gasteiger partial charge in [-0.1, -0.05) is 19.8 Å². The van der Waals surface area contributed by atoms with Crippen LogP contribution >= 0.6 is 0 Å². The van der Waals surface area contributed by atoms with Crippen LogP contribution in [-0.4, -0.2) is 40.5 Å². The molecule has 4 unspecified atom stereocenters. The Morgan fingerprint density at radius 1 is 1.32 bits per heavy atom. The molecule has 2 fully saturated rings. The number of amides is 1. The zero-order valence-corrected chi connectivity index (χ0v) is 11.5. The van der Waals surface area contributed by atoms with Crippen molar-refractivity contribution < 1.29 is 14.7 Å². The average molecular weight is 268 g/mol. The van der Waals surface area contributed by atoms with Crippen molar-refractivity contribution in [3.8, 4) is 0 Å². The lowest BCUT2D eigenvalue weighted by atomic mass is 9.87. The van der Waals surface area contributed by atoms with Crippen LogP contribution in [0.15, 0.2) is 0 Å². The van der Waals surface area contributed by atoms with Gasteiger partial charge in [0.25, 0.3) is 0 Å². The first kappa shape index (κ1) is 14.3. The summed E-state index contributed by atoms with van der Waals surface area (Å²) in [6, 6.07) is -0.746. The highest BCUT2D eigenvalue weighted by Gasteiger charge is 2.40. The average Bonchev–Trinajstić information content (AvgIpc) is 2.83. The van der Waals surface area contributed by atoms with Crippen LogP contribution < -0.4 is 5.73 Å². The van der Waals surface area contributed by atoms with E-state index in [4.69, 9.17) is 5.73 Å². The van der Waals surface area contributed by atoms with Crippen molar-refractivity contribution in [2.24, 2.45) is 17.6 Å². The molecule has 1 saturated heterocycles. The Bertz CT molecular complexity index is 359. The summed E-state index contributed by atoms with van der Waals surface area (Å²) in [5.41, 5.74) is 5.97. The van der Waals surface area contributed by atoms with E-state index in [1.165, 1.54) is 0 Å². The van der Waals surface area contributed by atoms with Crippen LogP contribution in [0.2, 0.25) is 0 Å². The number of carbonyl (C=O) groups is 2. The molecular formula is C14H24N2O3. The third-order valence-electron chi connectivity index (χ3n) is 4.74. The smallest absolute Gasteiger partial charge is 0.326 e. The molecule has 2 aliphatic rings. The van der Waals surface area contributed by atoms with Crippen LogP contribution in [0, 0.1) is 11.8 Å². The van der Waals surface area contributed by atoms with Gasteiger partial charge >= 0.3 is 5.97 Å². The van der Waals surface area contributed by atoms with Gasteiger partial charge in [-0.15, -0.1) is 0 Å². The van der Waals surface area contributed by atoms with E-state index in [1.54, 1.807) is 4.90 Å². The van der Waals surface area contributed by atoms with E-state index in [2.05, 4.69) is 6.92 Å². The number of carboxylic acid groups (broad SMARTS) is 1. The highest BCUT2D eigenvalue weighted by molar-refractivity contribution is 5.86. The summed E-state index contributed by atoms with van der Waals surface area (Å²) in [7, 11) is 0. The predicted molar refractivity (Wildman–Crippen MR) is 71.5 cm³/mol. The Morgan fingerprint density at radius 3 is 2.58 bits per heavy atom. The van der Waals surface area contributed by atoms with Crippen molar-refractivity contribution in [3.05, 3.63) is 0 Å². The van der Waals surface area contributed by atoms with Gasteiger partial charge in [-0.2, -0.15) is 0 Å². The number of aliphatic carboxylic acids is 1. The normalized spacial score (nSPS) is 35.4. The number of nitrogens with two attached hydrogens (primary N) is 1. The van der Waals surface area contributed by atoms with Crippen molar-refractivity contribution in [3.63, 3.8) is 0 Å². The van der Waals surface area contributed by atoms with E-state index in [1.807, 2.05) is 0 Å². The van der Waals surface area contributed by atoms with E-state index in [9.17, 15) is 14.7 Å². The molecule has 108 valence electrons. The summed E-state index contributed by atoms with van der Waals surface area (Å²) >= 11 is 0. The lowest BCUT2D eigenvalue weighted by molar-refractivity contribution is -0.155. The van der Waals surface area contributed by atoms with E-state index in [-0.39, 0.29) is 17.9 Å². The Hall–Kier alpha value is -1.10. The van der Waals surface area contributed by atoms with Crippen LogP contribution in [0.3, 0.4) is 0 Å². The fraction of sp³-hybridized carbons (Fsp3) is 0.857. The zero-order chi connectivity index (χ0) is 14.0. The first-order valence-electron chi connectivity index (χ1n) is 7.33. The number of hydrogen-bond acceptors (Lipinski definition) is 3. The predicted octanol–water partition coefficient (Wildman–Crippen LogP) is 1.22. The molecule has 1 aliphatic heterocycles. The van der Waals surface area contributed by atoms with E-state index in [0.717, 1.165) is 32.1 Å². The van der Waals surface area contributed by atoms with Gasteiger partial charge in [0, 0.05) is 12.6 Å². The summed E-state index contributed by atoms with van der Waals surface area (Å²) in [6.45, 7) is 2.64. The molecule has 5 heteroatoms. The second-order valence-corrected chi connectivity index (χ2v) is 5.89. The summed E-state index contributed by atoms with van der Waals surface area (Å²) < 4.78 is 0. The number of nitrogens with zero attached hydrogens (tertiary/aromatic N) is 1. The minimum absolute atomic E-state index is 0.0352. The lowest BCUT2D eigenvalue weighted by Gasteiger charge is -2.38. The fourth-order valence-electron chi connectivity index (χ4n) is 3.42. The van der Waals surface area contributed by atoms with Gasteiger partial charge in [-0.3, -0.25) is 4.79 Å². The molecule has 0 aromatic carbocycles. The highest BCUT2D eigenvalue weighted by Crippen LogP contribution is 2.31. The van der Waals surface area contributed by atoms with Crippen LogP contribution in [0.1, 0.15) is 45.4 Å². The monoisotopic (exact) mass is 268 g/mol. The molecular weight excluding hydrogens is 244 g/mol. The summed E-state index contributed by atoms with van der Waals surface area (Å²) in [6.07, 6.45) is 5.13. The van der Waals surface area contributed by atoms with Gasteiger partial charge < -0.3 is 15.7 Å². The highest BCUT2D eigenvalue weighted by atomic mass is 16.4. The number of rotatable bonds is 3. The van der Waals surface area contributed by atoms with Crippen molar-refractivity contribution in [1.29, 1.82) is 0 Å². The van der Waals surface area contributed by atoms with E-state index < -0.39 is 12.0 Å². The molecule has 4 atom stereocenters. The molecule has 0 spiro atoms. The molecule has 1 heterocycles. The summed E-state index contributed by atoms with van der Waals surface area (Å²) in [5.74, 6) is -0.660. The van der Waals surface area contributed by atoms with Crippen molar-refractivity contribution in [1.82, 2.24) is 4.90 Å². The number of piperidine rings is 1. The molecule has 1 saturated carbocycles. The maximum absolute atomic E-state index is 12.5. The molecule has 3 N–H and O–H groups in total. The number of carbonyl (C=O) groups excluding carboxylic acids is 1. The Balaban J connectivity index is 2.08. The van der Waals surface area contributed by atoms with Crippen LogP contribution in [0.5, 0.6) is 0 Å². The van der Waals surface area contributed by atoms with Gasteiger partial charge in [0.05, 0.1) is 5.92 Å². The van der Waals surface area contributed by atoms with Crippen LogP contribution in [0.4, 0.5) is 0 Å². The van der Waals surface area contributed by atoms with Gasteiger partial charge in [0.15, 0.2) is 0 Å². The molecule has 19 heavy (non-hydrogen) atoms. The van der Waals surface area contributed by atoms with E-state index in [0.29, 0.717) is 18.9 Å². The maximum atomic E-state index is 12.5. The Morgan fingerprint density at radius 2 is 2.05 bits per heavy atom. The molecule has 0 aromatic rings. The van der Waals surface area contributed by atoms with Gasteiger partial charge in [-0.05, 0) is 31.6 Å². The third kappa shape index (κ3) is 2.91. The fourth-order valence-corrected chi connectivity index (χ4v) is 3.42.